The van der Waals surface area contributed by atoms with E-state index in [1.54, 1.807) is 19.1 Å². The van der Waals surface area contributed by atoms with E-state index in [4.69, 9.17) is 10.5 Å². The minimum Gasteiger partial charge on any atom is -0.462 e. The van der Waals surface area contributed by atoms with E-state index in [-0.39, 0.29) is 17.7 Å². The Morgan fingerprint density at radius 3 is 2.79 bits per heavy atom. The zero-order valence-electron chi connectivity index (χ0n) is 10.4. The third-order valence-electron chi connectivity index (χ3n) is 2.54. The van der Waals surface area contributed by atoms with Crippen LogP contribution in [0, 0.1) is 5.82 Å². The van der Waals surface area contributed by atoms with E-state index < -0.39 is 11.8 Å². The summed E-state index contributed by atoms with van der Waals surface area (Å²) in [5, 5.41) is 0. The highest BCUT2D eigenvalue weighted by atomic mass is 19.1. The summed E-state index contributed by atoms with van der Waals surface area (Å²) in [4.78, 5) is 15.6. The first-order chi connectivity index (χ1) is 9.11. The lowest BCUT2D eigenvalue weighted by atomic mass is 10.1. The minimum absolute atomic E-state index is 0.241. The van der Waals surface area contributed by atoms with Crippen LogP contribution in [0.25, 0.3) is 11.3 Å². The number of halogens is 1. The average Bonchev–Trinajstić information content (AvgIpc) is 2.41. The molecule has 0 aliphatic heterocycles. The number of nitrogen functional groups attached to an aromatic ring is 1. The summed E-state index contributed by atoms with van der Waals surface area (Å²) in [6.45, 7) is 1.98. The molecule has 1 heterocycles. The average molecular weight is 260 g/mol. The number of hydrogen-bond acceptors (Lipinski definition) is 4. The Kier molecular flexibility index (Phi) is 3.75. The molecule has 0 spiro atoms. The lowest BCUT2D eigenvalue weighted by Gasteiger charge is -2.06. The fraction of sp³-hybridized carbons (Fsp3) is 0.143. The third-order valence-corrected chi connectivity index (χ3v) is 2.54. The van der Waals surface area contributed by atoms with Gasteiger partial charge in [0.15, 0.2) is 0 Å². The Labute approximate surface area is 110 Å². The van der Waals surface area contributed by atoms with Crippen molar-refractivity contribution in [3.8, 4) is 11.3 Å². The summed E-state index contributed by atoms with van der Waals surface area (Å²) < 4.78 is 18.7. The molecule has 2 rings (SSSR count). The number of anilines is 1. The largest absolute Gasteiger partial charge is 0.462 e. The van der Waals surface area contributed by atoms with Gasteiger partial charge in [-0.05, 0) is 37.3 Å². The zero-order chi connectivity index (χ0) is 13.8. The first kappa shape index (κ1) is 13.0. The number of pyridine rings is 1. The molecule has 98 valence electrons. The van der Waals surface area contributed by atoms with Crippen LogP contribution in [0.15, 0.2) is 36.5 Å². The van der Waals surface area contributed by atoms with Gasteiger partial charge >= 0.3 is 5.97 Å². The molecule has 5 heteroatoms. The fourth-order valence-corrected chi connectivity index (χ4v) is 1.63. The van der Waals surface area contributed by atoms with Gasteiger partial charge < -0.3 is 10.5 Å². The van der Waals surface area contributed by atoms with Crippen LogP contribution in [0.3, 0.4) is 0 Å². The Morgan fingerprint density at radius 2 is 2.16 bits per heavy atom. The molecule has 0 saturated carbocycles. The van der Waals surface area contributed by atoms with Crippen LogP contribution < -0.4 is 5.73 Å². The molecular formula is C14H13FN2O2. The van der Waals surface area contributed by atoms with E-state index >= 15 is 0 Å². The zero-order valence-corrected chi connectivity index (χ0v) is 10.4. The lowest BCUT2D eigenvalue weighted by Crippen LogP contribution is -2.05. The van der Waals surface area contributed by atoms with Gasteiger partial charge in [-0.1, -0.05) is 0 Å². The number of hydrogen-bond donors (Lipinski definition) is 1. The van der Waals surface area contributed by atoms with Crippen molar-refractivity contribution >= 4 is 11.7 Å². The number of aromatic nitrogens is 1. The van der Waals surface area contributed by atoms with Gasteiger partial charge in [-0.15, -0.1) is 0 Å². The Morgan fingerprint density at radius 1 is 1.37 bits per heavy atom. The van der Waals surface area contributed by atoms with Crippen LogP contribution in [-0.4, -0.2) is 17.6 Å². The number of esters is 1. The van der Waals surface area contributed by atoms with Crippen molar-refractivity contribution in [1.82, 2.24) is 4.98 Å². The quantitative estimate of drug-likeness (QED) is 0.861. The van der Waals surface area contributed by atoms with E-state index in [0.717, 1.165) is 0 Å². The molecule has 0 bridgehead atoms. The third kappa shape index (κ3) is 2.88. The van der Waals surface area contributed by atoms with Crippen LogP contribution in [-0.2, 0) is 4.74 Å². The van der Waals surface area contributed by atoms with Gasteiger partial charge in [-0.25, -0.2) is 9.18 Å². The number of nitrogens with two attached hydrogens (primary N) is 1. The summed E-state index contributed by atoms with van der Waals surface area (Å²) >= 11 is 0. The smallest absolute Gasteiger partial charge is 0.338 e. The minimum atomic E-state index is -0.487. The Balaban J connectivity index is 2.42. The maximum Gasteiger partial charge on any atom is 0.338 e. The highest BCUT2D eigenvalue weighted by Gasteiger charge is 2.12. The van der Waals surface area contributed by atoms with E-state index in [1.807, 2.05) is 0 Å². The first-order valence-corrected chi connectivity index (χ1v) is 5.80. The summed E-state index contributed by atoms with van der Waals surface area (Å²) in [5.41, 5.74) is 6.97. The SMILES string of the molecule is CCOC(=O)c1ccc(F)c(-c2ccc(N)cn2)c1. The van der Waals surface area contributed by atoms with Gasteiger partial charge in [0.05, 0.1) is 29.7 Å². The molecular weight excluding hydrogens is 247 g/mol. The second kappa shape index (κ2) is 5.48. The predicted molar refractivity (Wildman–Crippen MR) is 70.0 cm³/mol. The van der Waals surface area contributed by atoms with E-state index in [2.05, 4.69) is 4.98 Å². The molecule has 0 radical (unpaired) electrons. The molecule has 0 aliphatic carbocycles. The summed E-state index contributed by atoms with van der Waals surface area (Å²) in [6.07, 6.45) is 1.44. The number of carbonyl (C=O) groups excluding carboxylic acids is 1. The number of ether oxygens (including phenoxy) is 1. The van der Waals surface area contributed by atoms with Gasteiger partial charge in [0.1, 0.15) is 5.82 Å². The van der Waals surface area contributed by atoms with Crippen molar-refractivity contribution in [2.75, 3.05) is 12.3 Å². The number of benzene rings is 1. The monoisotopic (exact) mass is 260 g/mol. The highest BCUT2D eigenvalue weighted by Crippen LogP contribution is 2.23. The van der Waals surface area contributed by atoms with Gasteiger partial charge in [-0.3, -0.25) is 4.98 Å². The standard InChI is InChI=1S/C14H13FN2O2/c1-2-19-14(18)9-3-5-12(15)11(7-9)13-6-4-10(16)8-17-13/h3-8H,2,16H2,1H3. The molecule has 0 saturated heterocycles. The number of rotatable bonds is 3. The summed E-state index contributed by atoms with van der Waals surface area (Å²) in [5.74, 6) is -0.940. The number of carbonyl (C=O) groups is 1. The maximum atomic E-state index is 13.8. The van der Waals surface area contributed by atoms with Crippen molar-refractivity contribution < 1.29 is 13.9 Å². The molecule has 0 atom stereocenters. The number of nitrogens with zero attached hydrogens (tertiary/aromatic N) is 1. The second-order valence-corrected chi connectivity index (χ2v) is 3.89. The highest BCUT2D eigenvalue weighted by molar-refractivity contribution is 5.91. The van der Waals surface area contributed by atoms with Gasteiger partial charge in [0.2, 0.25) is 0 Å². The van der Waals surface area contributed by atoms with Gasteiger partial charge in [0, 0.05) is 5.56 Å². The van der Waals surface area contributed by atoms with Crippen molar-refractivity contribution in [2.45, 2.75) is 6.92 Å². The van der Waals surface area contributed by atoms with Crippen molar-refractivity contribution in [3.05, 3.63) is 47.9 Å². The molecule has 0 amide bonds. The molecule has 1 aromatic carbocycles. The Bertz CT molecular complexity index is 597. The molecule has 0 aliphatic rings. The van der Waals surface area contributed by atoms with Crippen molar-refractivity contribution in [2.24, 2.45) is 0 Å². The van der Waals surface area contributed by atoms with Crippen LogP contribution in [0.5, 0.6) is 0 Å². The summed E-state index contributed by atoms with van der Waals surface area (Å²) in [6, 6.07) is 7.25. The summed E-state index contributed by atoms with van der Waals surface area (Å²) in [7, 11) is 0. The molecule has 2 N–H and O–H groups in total. The molecule has 4 nitrogen and oxygen atoms in total. The van der Waals surface area contributed by atoms with Crippen LogP contribution >= 0.6 is 0 Å². The van der Waals surface area contributed by atoms with Crippen molar-refractivity contribution in [1.29, 1.82) is 0 Å². The van der Waals surface area contributed by atoms with Crippen LogP contribution in [0.1, 0.15) is 17.3 Å². The van der Waals surface area contributed by atoms with Crippen molar-refractivity contribution in [3.63, 3.8) is 0 Å². The van der Waals surface area contributed by atoms with E-state index in [0.29, 0.717) is 11.4 Å². The first-order valence-electron chi connectivity index (χ1n) is 5.80. The second-order valence-electron chi connectivity index (χ2n) is 3.89. The van der Waals surface area contributed by atoms with Crippen LogP contribution in [0.2, 0.25) is 0 Å². The van der Waals surface area contributed by atoms with E-state index in [1.165, 1.54) is 24.4 Å². The van der Waals surface area contributed by atoms with E-state index in [9.17, 15) is 9.18 Å². The molecule has 0 fully saturated rings. The lowest BCUT2D eigenvalue weighted by molar-refractivity contribution is 0.0526. The molecule has 19 heavy (non-hydrogen) atoms. The molecule has 1 aromatic heterocycles. The maximum absolute atomic E-state index is 13.8. The van der Waals surface area contributed by atoms with Crippen LogP contribution in [0.4, 0.5) is 10.1 Å². The normalized spacial score (nSPS) is 10.2. The predicted octanol–water partition coefficient (Wildman–Crippen LogP) is 2.65. The molecule has 2 aromatic rings. The van der Waals surface area contributed by atoms with Gasteiger partial charge in [-0.2, -0.15) is 0 Å². The fourth-order valence-electron chi connectivity index (χ4n) is 1.63. The van der Waals surface area contributed by atoms with Gasteiger partial charge in [0.25, 0.3) is 0 Å². The Hall–Kier alpha value is -2.43. The molecule has 0 unspecified atom stereocenters. The topological polar surface area (TPSA) is 65.2 Å².